The molecule has 4 aliphatic rings. The predicted octanol–water partition coefficient (Wildman–Crippen LogP) is 1.14. The summed E-state index contributed by atoms with van der Waals surface area (Å²) in [6.07, 6.45) is 4.05. The number of rotatable bonds is 3. The van der Waals surface area contributed by atoms with Crippen molar-refractivity contribution in [2.75, 3.05) is 24.7 Å². The van der Waals surface area contributed by atoms with E-state index in [0.717, 1.165) is 36.1 Å². The number of sulfonamides is 1. The van der Waals surface area contributed by atoms with Gasteiger partial charge in [0.1, 0.15) is 0 Å². The lowest BCUT2D eigenvalue weighted by Gasteiger charge is -2.38. The maximum absolute atomic E-state index is 13.0. The van der Waals surface area contributed by atoms with Gasteiger partial charge in [0.15, 0.2) is 0 Å². The van der Waals surface area contributed by atoms with Crippen LogP contribution < -0.4 is 9.62 Å². The molecule has 1 saturated carbocycles. The van der Waals surface area contributed by atoms with Crippen molar-refractivity contribution in [3.63, 3.8) is 0 Å². The van der Waals surface area contributed by atoms with Gasteiger partial charge < -0.3 is 14.4 Å². The van der Waals surface area contributed by atoms with Gasteiger partial charge in [-0.2, -0.15) is 0 Å². The summed E-state index contributed by atoms with van der Waals surface area (Å²) >= 11 is 0. The van der Waals surface area contributed by atoms with E-state index in [1.165, 1.54) is 0 Å². The summed E-state index contributed by atoms with van der Waals surface area (Å²) in [6.45, 7) is 1.85. The summed E-state index contributed by atoms with van der Waals surface area (Å²) < 4.78 is 40.4. The van der Waals surface area contributed by atoms with Gasteiger partial charge in [0.2, 0.25) is 15.9 Å². The molecule has 3 aliphatic heterocycles. The van der Waals surface area contributed by atoms with E-state index in [0.29, 0.717) is 43.9 Å². The maximum atomic E-state index is 13.0. The van der Waals surface area contributed by atoms with Crippen molar-refractivity contribution < 1.29 is 22.7 Å². The fourth-order valence-electron chi connectivity index (χ4n) is 4.84. The van der Waals surface area contributed by atoms with Crippen molar-refractivity contribution in [3.8, 4) is 0 Å². The molecule has 1 amide bonds. The van der Waals surface area contributed by atoms with Gasteiger partial charge in [-0.3, -0.25) is 4.79 Å². The van der Waals surface area contributed by atoms with Crippen molar-refractivity contribution in [3.05, 3.63) is 23.3 Å². The smallest absolute Gasteiger partial charge is 0.240 e. The molecule has 1 aromatic carbocycles. The number of carbonyl (C=O) groups excluding carboxylic acids is 1. The van der Waals surface area contributed by atoms with E-state index < -0.39 is 10.0 Å². The number of aryl methyl sites for hydroxylation is 1. The first-order valence-corrected chi connectivity index (χ1v) is 11.2. The minimum atomic E-state index is -3.61. The Hall–Kier alpha value is -1.48. The van der Waals surface area contributed by atoms with Gasteiger partial charge in [0.25, 0.3) is 0 Å². The van der Waals surface area contributed by atoms with Crippen molar-refractivity contribution in [1.82, 2.24) is 4.72 Å². The molecule has 3 atom stereocenters. The number of benzene rings is 1. The summed E-state index contributed by atoms with van der Waals surface area (Å²) in [7, 11) is -3.61. The van der Waals surface area contributed by atoms with Crippen LogP contribution in [-0.4, -0.2) is 52.3 Å². The Bertz CT molecular complexity index is 884. The monoisotopic (exact) mass is 392 g/mol. The molecule has 5 rings (SSSR count). The number of nitrogens with one attached hydrogen (secondary N) is 1. The number of amides is 1. The minimum Gasteiger partial charge on any atom is -0.373 e. The van der Waals surface area contributed by atoms with E-state index >= 15 is 0 Å². The summed E-state index contributed by atoms with van der Waals surface area (Å²) in [4.78, 5) is 14.2. The van der Waals surface area contributed by atoms with Crippen LogP contribution in [0.2, 0.25) is 0 Å². The third-order valence-electron chi connectivity index (χ3n) is 6.14. The lowest BCUT2D eigenvalue weighted by molar-refractivity contribution is -0.156. The maximum Gasteiger partial charge on any atom is 0.240 e. The summed E-state index contributed by atoms with van der Waals surface area (Å²) in [5.41, 5.74) is 2.88. The van der Waals surface area contributed by atoms with Crippen molar-refractivity contribution in [2.45, 2.75) is 61.7 Å². The second kappa shape index (κ2) is 6.55. The number of fused-ring (bicyclic) bond motifs is 1. The van der Waals surface area contributed by atoms with E-state index in [1.807, 2.05) is 0 Å². The average Bonchev–Trinajstić information content (AvgIpc) is 3.10. The molecule has 1 aromatic rings. The highest BCUT2D eigenvalue weighted by atomic mass is 32.2. The zero-order valence-electron chi connectivity index (χ0n) is 15.1. The van der Waals surface area contributed by atoms with E-state index in [2.05, 4.69) is 4.72 Å². The van der Waals surface area contributed by atoms with Crippen LogP contribution in [-0.2, 0) is 37.1 Å². The molecule has 1 N–H and O–H groups in total. The lowest BCUT2D eigenvalue weighted by Crippen LogP contribution is -2.49. The third kappa shape index (κ3) is 3.08. The molecule has 1 aliphatic carbocycles. The van der Waals surface area contributed by atoms with E-state index in [4.69, 9.17) is 9.47 Å². The molecular weight excluding hydrogens is 368 g/mol. The second-order valence-corrected chi connectivity index (χ2v) is 9.55. The van der Waals surface area contributed by atoms with Gasteiger partial charge in [-0.15, -0.1) is 0 Å². The standard InChI is InChI=1S/C19H24N2O5S/c22-18-4-1-12-9-15(10-13-5-6-21(18)19(12)13)27(23,24)20-14-2-3-16-17(11-14)26-8-7-25-16/h9-10,14,16-17,20H,1-8,11H2/t14-,16+,17+/m1/s1. The summed E-state index contributed by atoms with van der Waals surface area (Å²) in [6, 6.07) is 3.35. The van der Waals surface area contributed by atoms with Crippen LogP contribution in [0.4, 0.5) is 5.69 Å². The molecule has 8 heteroatoms. The number of nitrogens with zero attached hydrogens (tertiary/aromatic N) is 1. The van der Waals surface area contributed by atoms with E-state index in [9.17, 15) is 13.2 Å². The fraction of sp³-hybridized carbons (Fsp3) is 0.632. The van der Waals surface area contributed by atoms with Crippen LogP contribution >= 0.6 is 0 Å². The van der Waals surface area contributed by atoms with Crippen LogP contribution in [0, 0.1) is 0 Å². The Balaban J connectivity index is 1.37. The second-order valence-electron chi connectivity index (χ2n) is 7.84. The number of hydrogen-bond donors (Lipinski definition) is 1. The molecule has 0 unspecified atom stereocenters. The highest BCUT2D eigenvalue weighted by Gasteiger charge is 2.37. The van der Waals surface area contributed by atoms with Gasteiger partial charge in [-0.1, -0.05) is 0 Å². The van der Waals surface area contributed by atoms with Gasteiger partial charge >= 0.3 is 0 Å². The molecule has 0 bridgehead atoms. The Morgan fingerprint density at radius 3 is 2.56 bits per heavy atom. The van der Waals surface area contributed by atoms with Crippen LogP contribution in [0.25, 0.3) is 0 Å². The Morgan fingerprint density at radius 1 is 1.00 bits per heavy atom. The molecule has 7 nitrogen and oxygen atoms in total. The zero-order valence-corrected chi connectivity index (χ0v) is 16.0. The molecule has 27 heavy (non-hydrogen) atoms. The SMILES string of the molecule is O=C1CCc2cc(S(=O)(=O)N[C@@H]3CC[C@@H]4OCCO[C@H]4C3)cc3c2N1CC3. The van der Waals surface area contributed by atoms with Gasteiger partial charge in [-0.25, -0.2) is 13.1 Å². The topological polar surface area (TPSA) is 84.9 Å². The van der Waals surface area contributed by atoms with Gasteiger partial charge in [0.05, 0.1) is 36.0 Å². The van der Waals surface area contributed by atoms with Crippen molar-refractivity contribution in [1.29, 1.82) is 0 Å². The van der Waals surface area contributed by atoms with E-state index in [1.54, 1.807) is 17.0 Å². The van der Waals surface area contributed by atoms with Crippen LogP contribution in [0.5, 0.6) is 0 Å². The van der Waals surface area contributed by atoms with Crippen LogP contribution in [0.3, 0.4) is 0 Å². The highest BCUT2D eigenvalue weighted by molar-refractivity contribution is 7.89. The Morgan fingerprint density at radius 2 is 1.74 bits per heavy atom. The first-order chi connectivity index (χ1) is 13.0. The third-order valence-corrected chi connectivity index (χ3v) is 7.64. The molecular formula is C19H24N2O5S. The molecule has 0 spiro atoms. The average molecular weight is 392 g/mol. The summed E-state index contributed by atoms with van der Waals surface area (Å²) in [5, 5.41) is 0. The van der Waals surface area contributed by atoms with Crippen molar-refractivity contribution >= 4 is 21.6 Å². The zero-order chi connectivity index (χ0) is 18.6. The number of carbonyl (C=O) groups is 1. The largest absolute Gasteiger partial charge is 0.373 e. The lowest BCUT2D eigenvalue weighted by atomic mass is 9.90. The predicted molar refractivity (Wildman–Crippen MR) is 98.3 cm³/mol. The van der Waals surface area contributed by atoms with Gasteiger partial charge in [-0.05, 0) is 55.4 Å². The highest BCUT2D eigenvalue weighted by Crippen LogP contribution is 2.38. The molecule has 2 fully saturated rings. The fourth-order valence-corrected chi connectivity index (χ4v) is 6.23. The first kappa shape index (κ1) is 17.6. The molecule has 0 aromatic heterocycles. The number of ether oxygens (including phenoxy) is 2. The summed E-state index contributed by atoms with van der Waals surface area (Å²) in [5.74, 6) is 0.140. The molecule has 3 heterocycles. The molecule has 1 saturated heterocycles. The minimum absolute atomic E-state index is 0.0269. The van der Waals surface area contributed by atoms with Crippen LogP contribution in [0.1, 0.15) is 36.8 Å². The quantitative estimate of drug-likeness (QED) is 0.834. The molecule has 0 radical (unpaired) electrons. The van der Waals surface area contributed by atoms with E-state index in [-0.39, 0.29) is 24.2 Å². The molecule has 146 valence electrons. The normalized spacial score (nSPS) is 30.1. The van der Waals surface area contributed by atoms with Crippen LogP contribution in [0.15, 0.2) is 17.0 Å². The van der Waals surface area contributed by atoms with Gasteiger partial charge in [0, 0.05) is 19.0 Å². The Labute approximate surface area is 159 Å². The number of anilines is 1. The first-order valence-electron chi connectivity index (χ1n) is 9.73. The number of hydrogen-bond acceptors (Lipinski definition) is 5. The Kier molecular flexibility index (Phi) is 4.27. The van der Waals surface area contributed by atoms with Crippen molar-refractivity contribution in [2.24, 2.45) is 0 Å².